The Morgan fingerprint density at radius 2 is 1.32 bits per heavy atom. The summed E-state index contributed by atoms with van der Waals surface area (Å²) >= 11 is 0. The third-order valence-electron chi connectivity index (χ3n) is 5.55. The molecule has 28 heavy (non-hydrogen) atoms. The molecule has 0 bridgehead atoms. The van der Waals surface area contributed by atoms with Gasteiger partial charge in [0.05, 0.1) is 5.56 Å². The largest absolute Gasteiger partial charge is 0.507 e. The summed E-state index contributed by atoms with van der Waals surface area (Å²) in [6.45, 7) is 0. The molecular weight excluding hydrogens is 344 g/mol. The summed E-state index contributed by atoms with van der Waals surface area (Å²) in [6, 6.07) is 30.4. The fourth-order valence-electron chi connectivity index (χ4n) is 4.30. The van der Waals surface area contributed by atoms with E-state index < -0.39 is 0 Å². The number of para-hydroxylation sites is 1. The second-order valence-electron chi connectivity index (χ2n) is 7.13. The van der Waals surface area contributed by atoms with E-state index in [2.05, 4.69) is 54.6 Å². The van der Waals surface area contributed by atoms with Crippen LogP contribution in [0.2, 0.25) is 0 Å². The summed E-state index contributed by atoms with van der Waals surface area (Å²) in [4.78, 5) is 0. The minimum atomic E-state index is 0.220. The van der Waals surface area contributed by atoms with Crippen molar-refractivity contribution in [3.05, 3.63) is 91.0 Å². The lowest BCUT2D eigenvalue weighted by atomic mass is 9.95. The lowest BCUT2D eigenvalue weighted by molar-refractivity contribution is 0.474. The maximum absolute atomic E-state index is 10.5. The van der Waals surface area contributed by atoms with Crippen molar-refractivity contribution < 1.29 is 9.52 Å². The van der Waals surface area contributed by atoms with Gasteiger partial charge in [-0.15, -0.1) is 0 Å². The molecule has 1 aliphatic heterocycles. The normalized spacial score (nSPS) is 11.7. The van der Waals surface area contributed by atoms with E-state index in [4.69, 9.17) is 4.42 Å². The summed E-state index contributed by atoms with van der Waals surface area (Å²) in [5.74, 6) is 0.926. The second-order valence-corrected chi connectivity index (χ2v) is 7.13. The molecule has 2 heteroatoms. The van der Waals surface area contributed by atoms with Crippen LogP contribution in [-0.2, 0) is 0 Å². The summed E-state index contributed by atoms with van der Waals surface area (Å²) in [6.07, 6.45) is 0. The monoisotopic (exact) mass is 360 g/mol. The number of fused-ring (bicyclic) bond motifs is 7. The van der Waals surface area contributed by atoms with Gasteiger partial charge in [-0.3, -0.25) is 0 Å². The van der Waals surface area contributed by atoms with Crippen LogP contribution in [0.5, 0.6) is 5.75 Å². The van der Waals surface area contributed by atoms with Crippen molar-refractivity contribution in [2.45, 2.75) is 0 Å². The first kappa shape index (κ1) is 15.3. The molecule has 0 unspecified atom stereocenters. The van der Waals surface area contributed by atoms with Gasteiger partial charge in [0, 0.05) is 10.9 Å². The smallest absolute Gasteiger partial charge is 0.146 e. The number of benzene rings is 4. The number of hydrogen-bond acceptors (Lipinski definition) is 2. The van der Waals surface area contributed by atoms with Gasteiger partial charge in [0.15, 0.2) is 0 Å². The first-order chi connectivity index (χ1) is 13.8. The number of hydrogen-bond donors (Lipinski definition) is 1. The predicted molar refractivity (Wildman–Crippen MR) is 115 cm³/mol. The van der Waals surface area contributed by atoms with E-state index in [9.17, 15) is 5.11 Å². The number of aromatic hydroxyl groups is 1. The van der Waals surface area contributed by atoms with Crippen molar-refractivity contribution in [3.8, 4) is 28.2 Å². The van der Waals surface area contributed by atoms with E-state index in [1.165, 1.54) is 16.2 Å². The predicted octanol–water partition coefficient (Wildman–Crippen LogP) is 7.22. The zero-order valence-corrected chi connectivity index (χ0v) is 15.0. The average Bonchev–Trinajstić information content (AvgIpc) is 3.13. The van der Waals surface area contributed by atoms with Crippen molar-refractivity contribution in [3.63, 3.8) is 0 Å². The van der Waals surface area contributed by atoms with Crippen molar-refractivity contribution in [2.75, 3.05) is 0 Å². The average molecular weight is 360 g/mol. The zero-order chi connectivity index (χ0) is 18.7. The van der Waals surface area contributed by atoms with Crippen LogP contribution in [0.3, 0.4) is 0 Å². The van der Waals surface area contributed by atoms with Crippen LogP contribution in [0.4, 0.5) is 0 Å². The van der Waals surface area contributed by atoms with Crippen LogP contribution < -0.4 is 0 Å². The minimum absolute atomic E-state index is 0.220. The van der Waals surface area contributed by atoms with E-state index in [0.29, 0.717) is 11.3 Å². The minimum Gasteiger partial charge on any atom is -0.507 e. The third kappa shape index (κ3) is 2.03. The molecular formula is C26H16O2. The second kappa shape index (κ2) is 5.61. The Balaban J connectivity index is 1.89. The molecule has 2 aliphatic rings. The van der Waals surface area contributed by atoms with Crippen LogP contribution in [0.1, 0.15) is 0 Å². The Morgan fingerprint density at radius 1 is 0.607 bits per heavy atom. The summed E-state index contributed by atoms with van der Waals surface area (Å²) in [5, 5.41) is 16.3. The van der Waals surface area contributed by atoms with Crippen LogP contribution in [0.25, 0.3) is 55.0 Å². The molecule has 0 radical (unpaired) electrons. The van der Waals surface area contributed by atoms with Crippen LogP contribution in [-0.4, -0.2) is 5.11 Å². The Bertz CT molecular complexity index is 1470. The van der Waals surface area contributed by atoms with Crippen LogP contribution in [0.15, 0.2) is 95.4 Å². The standard InChI is InChI=1S/C26H16O2/c27-22-12-6-5-11-20(22)26-25-19-10-4-2-8-17(19)15-21(25)24-18-9-3-1-7-16(18)13-14-23(24)28-26/h1-15,27H. The molecule has 2 nitrogen and oxygen atoms in total. The van der Waals surface area contributed by atoms with Gasteiger partial charge in [-0.2, -0.15) is 0 Å². The van der Waals surface area contributed by atoms with Crippen LogP contribution in [0, 0.1) is 0 Å². The quantitative estimate of drug-likeness (QED) is 0.314. The van der Waals surface area contributed by atoms with Gasteiger partial charge >= 0.3 is 0 Å². The fraction of sp³-hybridized carbons (Fsp3) is 0. The number of rotatable bonds is 1. The Morgan fingerprint density at radius 3 is 2.18 bits per heavy atom. The van der Waals surface area contributed by atoms with E-state index in [0.717, 1.165) is 27.5 Å². The van der Waals surface area contributed by atoms with Gasteiger partial charge in [0.1, 0.15) is 17.1 Å². The molecule has 0 aromatic heterocycles. The highest BCUT2D eigenvalue weighted by Gasteiger charge is 2.23. The lowest BCUT2D eigenvalue weighted by Gasteiger charge is -2.15. The molecule has 4 aromatic rings. The molecule has 6 rings (SSSR count). The molecule has 0 saturated carbocycles. The van der Waals surface area contributed by atoms with Gasteiger partial charge in [0.2, 0.25) is 0 Å². The van der Waals surface area contributed by atoms with Gasteiger partial charge < -0.3 is 9.52 Å². The molecule has 4 aromatic carbocycles. The molecule has 0 atom stereocenters. The Labute approximate surface area is 161 Å². The molecule has 0 saturated heterocycles. The van der Waals surface area contributed by atoms with Gasteiger partial charge in [0.25, 0.3) is 0 Å². The summed E-state index contributed by atoms with van der Waals surface area (Å²) < 4.78 is 6.46. The van der Waals surface area contributed by atoms with Crippen molar-refractivity contribution in [1.29, 1.82) is 0 Å². The van der Waals surface area contributed by atoms with Crippen molar-refractivity contribution in [2.24, 2.45) is 0 Å². The van der Waals surface area contributed by atoms with E-state index in [1.54, 1.807) is 6.07 Å². The van der Waals surface area contributed by atoms with E-state index in [-0.39, 0.29) is 5.75 Å². The van der Waals surface area contributed by atoms with Crippen molar-refractivity contribution in [1.82, 2.24) is 0 Å². The van der Waals surface area contributed by atoms with E-state index >= 15 is 0 Å². The first-order valence-corrected chi connectivity index (χ1v) is 9.35. The third-order valence-corrected chi connectivity index (χ3v) is 5.55. The van der Waals surface area contributed by atoms with Crippen LogP contribution >= 0.6 is 0 Å². The lowest BCUT2D eigenvalue weighted by Crippen LogP contribution is -1.89. The maximum atomic E-state index is 10.5. The van der Waals surface area contributed by atoms with E-state index in [1.807, 2.05) is 30.3 Å². The van der Waals surface area contributed by atoms with Crippen molar-refractivity contribution >= 4 is 32.5 Å². The number of phenolic OH excluding ortho intramolecular Hbond substituents is 1. The molecule has 0 fully saturated rings. The molecule has 132 valence electrons. The first-order valence-electron chi connectivity index (χ1n) is 9.35. The highest BCUT2D eigenvalue weighted by atomic mass is 16.3. The highest BCUT2D eigenvalue weighted by molar-refractivity contribution is 6.20. The fourth-order valence-corrected chi connectivity index (χ4v) is 4.30. The topological polar surface area (TPSA) is 33.4 Å². The molecule has 0 amide bonds. The Hall–Kier alpha value is -3.78. The molecule has 1 N–H and O–H groups in total. The SMILES string of the molecule is Oc1ccccc1-c1oc2ccc3ccccc3c2c2cc3ccccc3c1-2. The maximum Gasteiger partial charge on any atom is 0.146 e. The van der Waals surface area contributed by atoms with Gasteiger partial charge in [-0.1, -0.05) is 66.7 Å². The van der Waals surface area contributed by atoms with Gasteiger partial charge in [-0.25, -0.2) is 0 Å². The Kier molecular flexibility index (Phi) is 3.06. The molecule has 1 heterocycles. The summed E-state index contributed by atoms with van der Waals surface area (Å²) in [5.41, 5.74) is 3.72. The summed E-state index contributed by atoms with van der Waals surface area (Å²) in [7, 11) is 0. The zero-order valence-electron chi connectivity index (χ0n) is 15.0. The van der Waals surface area contributed by atoms with Gasteiger partial charge in [-0.05, 0) is 51.4 Å². The molecule has 1 aliphatic carbocycles. The highest BCUT2D eigenvalue weighted by Crippen LogP contribution is 2.48. The molecule has 0 spiro atoms. The number of phenols is 1.